The van der Waals surface area contributed by atoms with Gasteiger partial charge in [-0.15, -0.1) is 0 Å². The number of hydrogen-bond acceptors (Lipinski definition) is 4. The molecule has 1 heterocycles. The Morgan fingerprint density at radius 1 is 1.53 bits per heavy atom. The average Bonchev–Trinajstić information content (AvgIpc) is 2.18. The molecular weight excluding hydrogens is 220 g/mol. The number of nitrogens with one attached hydrogen (secondary N) is 1. The molecule has 3 N–H and O–H groups in total. The third-order valence-corrected chi connectivity index (χ3v) is 4.02. The van der Waals surface area contributed by atoms with Gasteiger partial charge in [-0.25, -0.2) is 0 Å². The predicted octanol–water partition coefficient (Wildman–Crippen LogP) is -1.57. The maximum Gasteiger partial charge on any atom is 0.282 e. The van der Waals surface area contributed by atoms with Gasteiger partial charge in [0, 0.05) is 20.1 Å². The fraction of sp³-hybridized carbons (Fsp3) is 0.857. The van der Waals surface area contributed by atoms with Gasteiger partial charge in [0.1, 0.15) is 5.84 Å². The molecule has 0 aliphatic carbocycles. The normalized spacial score (nSPS) is 19.3. The second-order valence-corrected chi connectivity index (χ2v) is 5.34. The zero-order chi connectivity index (χ0) is 11.5. The molecule has 0 saturated carbocycles. The number of likely N-dealkylation sites (N-methyl/N-ethyl adjacent to an activating group) is 1. The molecule has 88 valence electrons. The standard InChI is InChI=1S/C7H16N4O3S/c1-10(6-7(8)9)15(12,13)11-2-4-14-5-3-11/h2-6H2,1H3,(H3,8,9). The van der Waals surface area contributed by atoms with Crippen LogP contribution < -0.4 is 5.73 Å². The fourth-order valence-electron chi connectivity index (χ4n) is 1.30. The van der Waals surface area contributed by atoms with Gasteiger partial charge in [-0.2, -0.15) is 17.0 Å². The quantitative estimate of drug-likeness (QED) is 0.455. The number of morpholine rings is 1. The zero-order valence-corrected chi connectivity index (χ0v) is 9.46. The molecule has 0 aromatic heterocycles. The first kappa shape index (κ1) is 12.4. The third-order valence-electron chi connectivity index (χ3n) is 2.08. The van der Waals surface area contributed by atoms with Crippen molar-refractivity contribution in [2.75, 3.05) is 39.9 Å². The molecule has 0 unspecified atom stereocenters. The minimum absolute atomic E-state index is 0.0836. The SMILES string of the molecule is CN(CC(=N)N)S(=O)(=O)N1CCOCC1. The summed E-state index contributed by atoms with van der Waals surface area (Å²) in [5.41, 5.74) is 5.15. The van der Waals surface area contributed by atoms with Crippen LogP contribution in [-0.4, -0.2) is 62.8 Å². The lowest BCUT2D eigenvalue weighted by Gasteiger charge is -2.29. The van der Waals surface area contributed by atoms with Gasteiger partial charge in [0.25, 0.3) is 10.2 Å². The van der Waals surface area contributed by atoms with Crippen LogP contribution in [0.1, 0.15) is 0 Å². The highest BCUT2D eigenvalue weighted by atomic mass is 32.2. The molecule has 1 aliphatic heterocycles. The van der Waals surface area contributed by atoms with Crippen molar-refractivity contribution in [1.29, 1.82) is 5.41 Å². The molecule has 8 heteroatoms. The van der Waals surface area contributed by atoms with Crippen LogP contribution in [0.25, 0.3) is 0 Å². The summed E-state index contributed by atoms with van der Waals surface area (Å²) in [5, 5.41) is 7.05. The number of hydrogen-bond donors (Lipinski definition) is 2. The van der Waals surface area contributed by atoms with Crippen LogP contribution in [0.15, 0.2) is 0 Å². The zero-order valence-electron chi connectivity index (χ0n) is 8.64. The van der Waals surface area contributed by atoms with Crippen molar-refractivity contribution in [2.45, 2.75) is 0 Å². The van der Waals surface area contributed by atoms with E-state index in [-0.39, 0.29) is 12.4 Å². The van der Waals surface area contributed by atoms with Gasteiger partial charge < -0.3 is 10.5 Å². The molecule has 0 radical (unpaired) electrons. The molecule has 15 heavy (non-hydrogen) atoms. The summed E-state index contributed by atoms with van der Waals surface area (Å²) >= 11 is 0. The molecule has 1 rings (SSSR count). The van der Waals surface area contributed by atoms with E-state index in [0.717, 1.165) is 4.31 Å². The molecule has 0 aromatic rings. The van der Waals surface area contributed by atoms with Crippen molar-refractivity contribution in [3.63, 3.8) is 0 Å². The van der Waals surface area contributed by atoms with Crippen LogP contribution in [-0.2, 0) is 14.9 Å². The van der Waals surface area contributed by atoms with Crippen LogP contribution >= 0.6 is 0 Å². The van der Waals surface area contributed by atoms with E-state index in [1.165, 1.54) is 11.4 Å². The van der Waals surface area contributed by atoms with E-state index in [4.69, 9.17) is 15.9 Å². The Bertz CT molecular complexity index is 323. The molecule has 1 saturated heterocycles. The molecular formula is C7H16N4O3S. The minimum Gasteiger partial charge on any atom is -0.387 e. The Morgan fingerprint density at radius 3 is 2.53 bits per heavy atom. The van der Waals surface area contributed by atoms with Crippen molar-refractivity contribution in [1.82, 2.24) is 8.61 Å². The van der Waals surface area contributed by atoms with E-state index in [9.17, 15) is 8.42 Å². The summed E-state index contributed by atoms with van der Waals surface area (Å²) in [4.78, 5) is 0. The lowest BCUT2D eigenvalue weighted by atomic mass is 10.5. The number of ether oxygens (including phenoxy) is 1. The predicted molar refractivity (Wildman–Crippen MR) is 55.9 cm³/mol. The van der Waals surface area contributed by atoms with Gasteiger partial charge in [-0.1, -0.05) is 0 Å². The molecule has 0 atom stereocenters. The monoisotopic (exact) mass is 236 g/mol. The van der Waals surface area contributed by atoms with Gasteiger partial charge in [-0.3, -0.25) is 5.41 Å². The summed E-state index contributed by atoms with van der Waals surface area (Å²) in [6, 6.07) is 0. The highest BCUT2D eigenvalue weighted by molar-refractivity contribution is 7.86. The van der Waals surface area contributed by atoms with Gasteiger partial charge in [-0.05, 0) is 0 Å². The molecule has 1 fully saturated rings. The van der Waals surface area contributed by atoms with Crippen molar-refractivity contribution < 1.29 is 13.2 Å². The highest BCUT2D eigenvalue weighted by Gasteiger charge is 2.28. The Balaban J connectivity index is 2.67. The number of nitrogens with two attached hydrogens (primary N) is 1. The molecule has 0 bridgehead atoms. The largest absolute Gasteiger partial charge is 0.387 e. The second kappa shape index (κ2) is 4.88. The lowest BCUT2D eigenvalue weighted by Crippen LogP contribution is -2.49. The molecule has 0 spiro atoms. The molecule has 1 aliphatic rings. The Kier molecular flexibility index (Phi) is 4.03. The third kappa shape index (κ3) is 3.13. The number of amidine groups is 1. The van der Waals surface area contributed by atoms with E-state index in [0.29, 0.717) is 26.3 Å². The highest BCUT2D eigenvalue weighted by Crippen LogP contribution is 2.08. The van der Waals surface area contributed by atoms with Crippen LogP contribution in [0.3, 0.4) is 0 Å². The maximum atomic E-state index is 11.9. The van der Waals surface area contributed by atoms with Crippen molar-refractivity contribution in [3.8, 4) is 0 Å². The van der Waals surface area contributed by atoms with Crippen LogP contribution in [0.5, 0.6) is 0 Å². The topological polar surface area (TPSA) is 99.7 Å². The molecule has 0 amide bonds. The van der Waals surface area contributed by atoms with Crippen LogP contribution in [0.2, 0.25) is 0 Å². The van der Waals surface area contributed by atoms with Gasteiger partial charge in [0.15, 0.2) is 0 Å². The first-order valence-electron chi connectivity index (χ1n) is 4.56. The van der Waals surface area contributed by atoms with E-state index < -0.39 is 10.2 Å². The van der Waals surface area contributed by atoms with E-state index in [1.54, 1.807) is 0 Å². The number of nitrogens with zero attached hydrogens (tertiary/aromatic N) is 2. The molecule has 0 aromatic carbocycles. The second-order valence-electron chi connectivity index (χ2n) is 3.30. The number of rotatable bonds is 4. The Labute approximate surface area is 89.5 Å². The van der Waals surface area contributed by atoms with Gasteiger partial charge in [0.2, 0.25) is 0 Å². The summed E-state index contributed by atoms with van der Waals surface area (Å²) in [6.07, 6.45) is 0. The van der Waals surface area contributed by atoms with E-state index in [1.807, 2.05) is 0 Å². The first-order valence-corrected chi connectivity index (χ1v) is 5.96. The van der Waals surface area contributed by atoms with Crippen molar-refractivity contribution in [2.24, 2.45) is 5.73 Å². The minimum atomic E-state index is -3.49. The van der Waals surface area contributed by atoms with E-state index in [2.05, 4.69) is 0 Å². The van der Waals surface area contributed by atoms with Gasteiger partial charge >= 0.3 is 0 Å². The summed E-state index contributed by atoms with van der Waals surface area (Å²) in [7, 11) is -2.08. The van der Waals surface area contributed by atoms with Crippen molar-refractivity contribution >= 4 is 16.0 Å². The molecule has 7 nitrogen and oxygen atoms in total. The lowest BCUT2D eigenvalue weighted by molar-refractivity contribution is 0.0708. The van der Waals surface area contributed by atoms with Crippen LogP contribution in [0, 0.1) is 5.41 Å². The Hall–Kier alpha value is -0.700. The summed E-state index contributed by atoms with van der Waals surface area (Å²) in [6.45, 7) is 1.44. The fourth-order valence-corrected chi connectivity index (χ4v) is 2.60. The van der Waals surface area contributed by atoms with Gasteiger partial charge in [0.05, 0.1) is 19.8 Å². The summed E-state index contributed by atoms with van der Waals surface area (Å²) < 4.78 is 31.2. The smallest absolute Gasteiger partial charge is 0.282 e. The Morgan fingerprint density at radius 2 is 2.07 bits per heavy atom. The maximum absolute atomic E-state index is 11.9. The van der Waals surface area contributed by atoms with E-state index >= 15 is 0 Å². The van der Waals surface area contributed by atoms with Crippen LogP contribution in [0.4, 0.5) is 0 Å². The van der Waals surface area contributed by atoms with Crippen molar-refractivity contribution in [3.05, 3.63) is 0 Å². The summed E-state index contributed by atoms with van der Waals surface area (Å²) in [5.74, 6) is -0.172. The first-order chi connectivity index (χ1) is 6.94. The average molecular weight is 236 g/mol.